The van der Waals surface area contributed by atoms with Crippen LogP contribution in [0.5, 0.6) is 0 Å². The van der Waals surface area contributed by atoms with Crippen LogP contribution in [0.4, 0.5) is 5.95 Å². The van der Waals surface area contributed by atoms with Crippen LogP contribution in [0, 0.1) is 0 Å². The van der Waals surface area contributed by atoms with Gasteiger partial charge in [0.2, 0.25) is 5.95 Å². The molecule has 0 spiro atoms. The number of nitrogens with zero attached hydrogens (tertiary/aromatic N) is 4. The highest BCUT2D eigenvalue weighted by atomic mass is 35.5. The summed E-state index contributed by atoms with van der Waals surface area (Å²) in [5.74, 6) is 1.28. The zero-order valence-corrected chi connectivity index (χ0v) is 11.5. The summed E-state index contributed by atoms with van der Waals surface area (Å²) in [6, 6.07) is 1.71. The Morgan fingerprint density at radius 1 is 1.15 bits per heavy atom. The minimum absolute atomic E-state index is 0.235. The zero-order valence-electron chi connectivity index (χ0n) is 10.8. The predicted octanol–water partition coefficient (Wildman–Crippen LogP) is 2.06. The van der Waals surface area contributed by atoms with Gasteiger partial charge in [-0.15, -0.1) is 0 Å². The number of nitrogens with two attached hydrogens (primary N) is 1. The highest BCUT2D eigenvalue weighted by Crippen LogP contribution is 2.27. The van der Waals surface area contributed by atoms with Crippen LogP contribution in [-0.4, -0.2) is 33.1 Å². The summed E-state index contributed by atoms with van der Waals surface area (Å²) in [5, 5.41) is 0.424. The van der Waals surface area contributed by atoms with E-state index in [0.717, 1.165) is 37.4 Å². The molecule has 1 aliphatic rings. The van der Waals surface area contributed by atoms with Gasteiger partial charge in [0.05, 0.1) is 5.69 Å². The third-order valence-corrected chi connectivity index (χ3v) is 3.46. The fraction of sp³-hybridized carbons (Fsp3) is 0.385. The van der Waals surface area contributed by atoms with Crippen molar-refractivity contribution in [1.82, 2.24) is 19.9 Å². The van der Waals surface area contributed by atoms with Crippen LogP contribution >= 0.6 is 11.6 Å². The van der Waals surface area contributed by atoms with Gasteiger partial charge in [-0.3, -0.25) is 0 Å². The molecule has 0 bridgehead atoms. The van der Waals surface area contributed by atoms with Gasteiger partial charge in [0, 0.05) is 43.2 Å². The van der Waals surface area contributed by atoms with Crippen molar-refractivity contribution in [2.45, 2.75) is 18.8 Å². The molecule has 1 saturated heterocycles. The summed E-state index contributed by atoms with van der Waals surface area (Å²) in [4.78, 5) is 16.9. The van der Waals surface area contributed by atoms with Crippen LogP contribution in [0.3, 0.4) is 0 Å². The lowest BCUT2D eigenvalue weighted by molar-refractivity contribution is 0.0836. The van der Waals surface area contributed by atoms with Crippen molar-refractivity contribution in [3.63, 3.8) is 0 Å². The van der Waals surface area contributed by atoms with Gasteiger partial charge in [0.25, 0.3) is 0 Å². The monoisotopic (exact) mass is 291 g/mol. The van der Waals surface area contributed by atoms with Gasteiger partial charge in [-0.2, -0.15) is 0 Å². The molecule has 2 aromatic heterocycles. The molecule has 3 rings (SSSR count). The first-order chi connectivity index (χ1) is 9.72. The normalized spacial score (nSPS) is 16.2. The van der Waals surface area contributed by atoms with Gasteiger partial charge in [-0.1, -0.05) is 11.6 Å². The molecule has 0 saturated carbocycles. The molecule has 104 valence electrons. The SMILES string of the molecule is Nc1ncc(-c2cc(Cl)nc(C3CCOCC3)n2)cn1. The second-order valence-electron chi connectivity index (χ2n) is 4.65. The van der Waals surface area contributed by atoms with Gasteiger partial charge in [-0.05, 0) is 12.8 Å². The first-order valence-electron chi connectivity index (χ1n) is 6.42. The lowest BCUT2D eigenvalue weighted by Crippen LogP contribution is -2.16. The molecule has 0 unspecified atom stereocenters. The van der Waals surface area contributed by atoms with Crippen molar-refractivity contribution in [2.75, 3.05) is 18.9 Å². The lowest BCUT2D eigenvalue weighted by Gasteiger charge is -2.21. The molecule has 6 nitrogen and oxygen atoms in total. The molecule has 0 aliphatic carbocycles. The Morgan fingerprint density at radius 2 is 1.85 bits per heavy atom. The van der Waals surface area contributed by atoms with E-state index in [1.165, 1.54) is 0 Å². The molecule has 0 radical (unpaired) electrons. The molecule has 1 aliphatic heterocycles. The molecule has 3 heterocycles. The molecule has 1 fully saturated rings. The van der Waals surface area contributed by atoms with Crippen LogP contribution in [0.2, 0.25) is 5.15 Å². The number of hydrogen-bond donors (Lipinski definition) is 1. The summed E-state index contributed by atoms with van der Waals surface area (Å²) in [5.41, 5.74) is 6.98. The van der Waals surface area contributed by atoms with E-state index in [4.69, 9.17) is 22.1 Å². The lowest BCUT2D eigenvalue weighted by atomic mass is 9.99. The number of anilines is 1. The number of nitrogen functional groups attached to an aromatic ring is 1. The predicted molar refractivity (Wildman–Crippen MR) is 75.3 cm³/mol. The maximum Gasteiger partial charge on any atom is 0.219 e. The standard InChI is InChI=1S/C13H14ClN5O/c14-11-5-10(9-6-16-13(15)17-7-9)18-12(19-11)8-1-3-20-4-2-8/h5-8H,1-4H2,(H2,15,16,17). The Bertz CT molecular complexity index is 598. The van der Waals surface area contributed by atoms with Crippen molar-refractivity contribution in [2.24, 2.45) is 0 Å². The van der Waals surface area contributed by atoms with Crippen LogP contribution < -0.4 is 5.73 Å². The zero-order chi connectivity index (χ0) is 13.9. The van der Waals surface area contributed by atoms with Crippen molar-refractivity contribution in [3.8, 4) is 11.3 Å². The van der Waals surface area contributed by atoms with Gasteiger partial charge < -0.3 is 10.5 Å². The molecule has 0 atom stereocenters. The number of rotatable bonds is 2. The van der Waals surface area contributed by atoms with Gasteiger partial charge >= 0.3 is 0 Å². The molecule has 20 heavy (non-hydrogen) atoms. The molecule has 2 aromatic rings. The Hall–Kier alpha value is -1.79. The first kappa shape index (κ1) is 13.2. The maximum atomic E-state index is 6.10. The second kappa shape index (κ2) is 5.68. The minimum Gasteiger partial charge on any atom is -0.381 e. The highest BCUT2D eigenvalue weighted by molar-refractivity contribution is 6.29. The van der Waals surface area contributed by atoms with E-state index < -0.39 is 0 Å². The Morgan fingerprint density at radius 3 is 2.55 bits per heavy atom. The smallest absolute Gasteiger partial charge is 0.219 e. The molecule has 0 aromatic carbocycles. The molecule has 2 N–H and O–H groups in total. The van der Waals surface area contributed by atoms with Crippen LogP contribution in [0.15, 0.2) is 18.5 Å². The second-order valence-corrected chi connectivity index (χ2v) is 5.04. The van der Waals surface area contributed by atoms with Crippen molar-refractivity contribution in [3.05, 3.63) is 29.4 Å². The van der Waals surface area contributed by atoms with E-state index in [0.29, 0.717) is 10.8 Å². The van der Waals surface area contributed by atoms with E-state index in [1.807, 2.05) is 0 Å². The maximum absolute atomic E-state index is 6.10. The van der Waals surface area contributed by atoms with Crippen LogP contribution in [-0.2, 0) is 4.74 Å². The fourth-order valence-corrected chi connectivity index (χ4v) is 2.38. The van der Waals surface area contributed by atoms with Crippen molar-refractivity contribution < 1.29 is 4.74 Å². The third-order valence-electron chi connectivity index (χ3n) is 3.27. The molecule has 0 amide bonds. The average Bonchev–Trinajstić information content (AvgIpc) is 2.48. The summed E-state index contributed by atoms with van der Waals surface area (Å²) in [6.45, 7) is 1.47. The fourth-order valence-electron chi connectivity index (χ4n) is 2.19. The summed E-state index contributed by atoms with van der Waals surface area (Å²) in [7, 11) is 0. The summed E-state index contributed by atoms with van der Waals surface area (Å²) < 4.78 is 5.36. The number of halogens is 1. The topological polar surface area (TPSA) is 86.8 Å². The van der Waals surface area contributed by atoms with Crippen molar-refractivity contribution >= 4 is 17.5 Å². The van der Waals surface area contributed by atoms with E-state index >= 15 is 0 Å². The van der Waals surface area contributed by atoms with Crippen LogP contribution in [0.1, 0.15) is 24.6 Å². The van der Waals surface area contributed by atoms with Crippen LogP contribution in [0.25, 0.3) is 11.3 Å². The van der Waals surface area contributed by atoms with E-state index in [1.54, 1.807) is 18.5 Å². The number of hydrogen-bond acceptors (Lipinski definition) is 6. The number of ether oxygens (including phenoxy) is 1. The Kier molecular flexibility index (Phi) is 3.75. The number of aromatic nitrogens is 4. The van der Waals surface area contributed by atoms with Gasteiger partial charge in [0.15, 0.2) is 0 Å². The van der Waals surface area contributed by atoms with E-state index in [-0.39, 0.29) is 11.9 Å². The third kappa shape index (κ3) is 2.86. The van der Waals surface area contributed by atoms with Gasteiger partial charge in [-0.25, -0.2) is 19.9 Å². The van der Waals surface area contributed by atoms with E-state index in [2.05, 4.69) is 19.9 Å². The Balaban J connectivity index is 1.95. The molecular formula is C13H14ClN5O. The highest BCUT2D eigenvalue weighted by Gasteiger charge is 2.20. The van der Waals surface area contributed by atoms with Crippen molar-refractivity contribution in [1.29, 1.82) is 0 Å². The summed E-state index contributed by atoms with van der Waals surface area (Å²) in [6.07, 6.45) is 5.10. The Labute approximate surface area is 121 Å². The summed E-state index contributed by atoms with van der Waals surface area (Å²) >= 11 is 6.10. The first-order valence-corrected chi connectivity index (χ1v) is 6.80. The average molecular weight is 292 g/mol. The molecular weight excluding hydrogens is 278 g/mol. The van der Waals surface area contributed by atoms with E-state index in [9.17, 15) is 0 Å². The largest absolute Gasteiger partial charge is 0.381 e. The van der Waals surface area contributed by atoms with Gasteiger partial charge in [0.1, 0.15) is 11.0 Å². The quantitative estimate of drug-likeness (QED) is 0.852. The minimum atomic E-state index is 0.235. The molecule has 7 heteroatoms.